The summed E-state index contributed by atoms with van der Waals surface area (Å²) in [6.07, 6.45) is -0.907. The van der Waals surface area contributed by atoms with Gasteiger partial charge in [-0.1, -0.05) is 6.92 Å². The molecule has 0 aromatic rings. The summed E-state index contributed by atoms with van der Waals surface area (Å²) in [5, 5.41) is 16.3. The zero-order valence-electron chi connectivity index (χ0n) is 4.79. The number of carboxylic acids is 1. The molecule has 50 valence electrons. The molecule has 0 saturated heterocycles. The van der Waals surface area contributed by atoms with Gasteiger partial charge >= 0.3 is 32.2 Å². The summed E-state index contributed by atoms with van der Waals surface area (Å²) in [5.74, 6) is -1.15. The Kier molecular flexibility index (Phi) is 7.60. The average Bonchev–Trinajstić information content (AvgIpc) is 1.65. The fourth-order valence-electron chi connectivity index (χ4n) is 0.175. The molecule has 1 atom stereocenters. The van der Waals surface area contributed by atoms with Crippen LogP contribution < -0.4 is 0 Å². The molecule has 0 aliphatic heterocycles. The van der Waals surface area contributed by atoms with Crippen molar-refractivity contribution in [1.82, 2.24) is 0 Å². The van der Waals surface area contributed by atoms with E-state index in [-0.39, 0.29) is 32.6 Å². The second-order valence-corrected chi connectivity index (χ2v) is 1.26. The minimum atomic E-state index is -1.18. The number of aliphatic hydroxyl groups is 1. The van der Waals surface area contributed by atoms with E-state index in [4.69, 9.17) is 10.2 Å². The average molecular weight is 316 g/mol. The fraction of sp³-hybridized carbons (Fsp3) is 0.750. The number of carbonyl (C=O) groups is 1. The normalized spacial score (nSPS) is 11.8. The van der Waals surface area contributed by atoms with Gasteiger partial charge in [-0.15, -0.1) is 0 Å². The molecule has 4 heteroatoms. The molecule has 0 amide bonds. The molecule has 3 nitrogen and oxygen atoms in total. The van der Waals surface area contributed by atoms with Crippen LogP contribution in [0.3, 0.4) is 0 Å². The van der Waals surface area contributed by atoms with Gasteiger partial charge in [0.15, 0.2) is 6.10 Å². The Balaban J connectivity index is 0. The molecule has 0 heterocycles. The molecule has 0 saturated carbocycles. The SMILES string of the molecule is CCC(O)C(=O)O.[BiH3]. The molecule has 0 fully saturated rings. The number of hydrogen-bond acceptors (Lipinski definition) is 2. The van der Waals surface area contributed by atoms with E-state index in [9.17, 15) is 4.79 Å². The van der Waals surface area contributed by atoms with Gasteiger partial charge < -0.3 is 10.2 Å². The van der Waals surface area contributed by atoms with E-state index in [1.165, 1.54) is 0 Å². The van der Waals surface area contributed by atoms with E-state index in [1.807, 2.05) is 0 Å². The van der Waals surface area contributed by atoms with E-state index in [0.717, 1.165) is 0 Å². The third-order valence-corrected chi connectivity index (χ3v) is 0.672. The van der Waals surface area contributed by atoms with E-state index >= 15 is 0 Å². The number of carboxylic acid groups (broad SMARTS) is 1. The molecular formula is C4H11BiO3. The maximum atomic E-state index is 9.68. The van der Waals surface area contributed by atoms with Crippen molar-refractivity contribution in [3.63, 3.8) is 0 Å². The first kappa shape index (κ1) is 11.2. The van der Waals surface area contributed by atoms with Crippen molar-refractivity contribution in [2.75, 3.05) is 0 Å². The summed E-state index contributed by atoms with van der Waals surface area (Å²) in [4.78, 5) is 9.68. The standard InChI is InChI=1S/C4H8O3.Bi.3H/c1-2-3(5)4(6)7;;;;/h3,5H,2H2,1H3,(H,6,7);;;;. The van der Waals surface area contributed by atoms with Crippen LogP contribution in [-0.2, 0) is 4.79 Å². The van der Waals surface area contributed by atoms with Crippen molar-refractivity contribution in [3.05, 3.63) is 0 Å². The number of aliphatic hydroxyl groups excluding tert-OH is 1. The maximum absolute atomic E-state index is 9.68. The molecule has 0 rings (SSSR count). The quantitative estimate of drug-likeness (QED) is 0.620. The molecule has 8 heavy (non-hydrogen) atoms. The Morgan fingerprint density at radius 3 is 2.12 bits per heavy atom. The molecule has 0 aliphatic carbocycles. The van der Waals surface area contributed by atoms with Crippen molar-refractivity contribution < 1.29 is 15.0 Å². The first-order valence-corrected chi connectivity index (χ1v) is 2.09. The Bertz CT molecular complexity index is 73.7. The first-order valence-electron chi connectivity index (χ1n) is 2.09. The van der Waals surface area contributed by atoms with Crippen molar-refractivity contribution in [2.24, 2.45) is 0 Å². The van der Waals surface area contributed by atoms with Gasteiger partial charge in [0, 0.05) is 0 Å². The number of rotatable bonds is 2. The van der Waals surface area contributed by atoms with Crippen LogP contribution in [0.2, 0.25) is 0 Å². The molecule has 0 aromatic heterocycles. The van der Waals surface area contributed by atoms with E-state index < -0.39 is 12.1 Å². The van der Waals surface area contributed by atoms with Gasteiger partial charge in [-0.3, -0.25) is 0 Å². The Hall–Kier alpha value is 0.313. The van der Waals surface area contributed by atoms with Gasteiger partial charge in [0.25, 0.3) is 0 Å². The van der Waals surface area contributed by atoms with Gasteiger partial charge in [0.1, 0.15) is 0 Å². The van der Waals surface area contributed by atoms with Crippen molar-refractivity contribution in [2.45, 2.75) is 19.4 Å². The van der Waals surface area contributed by atoms with Gasteiger partial charge in [-0.2, -0.15) is 0 Å². The Morgan fingerprint density at radius 2 is 2.12 bits per heavy atom. The molecule has 1 unspecified atom stereocenters. The molecule has 0 aromatic carbocycles. The predicted octanol–water partition coefficient (Wildman–Crippen LogP) is -1.34. The number of aliphatic carboxylic acids is 1. The third kappa shape index (κ3) is 4.47. The molecule has 0 radical (unpaired) electrons. The van der Waals surface area contributed by atoms with E-state index in [2.05, 4.69) is 0 Å². The summed E-state index contributed by atoms with van der Waals surface area (Å²) in [7, 11) is 0. The monoisotopic (exact) mass is 316 g/mol. The zero-order chi connectivity index (χ0) is 5.86. The van der Waals surface area contributed by atoms with Gasteiger partial charge in [-0.05, 0) is 6.42 Å². The second kappa shape index (κ2) is 5.45. The molecule has 0 aliphatic rings. The Labute approximate surface area is 66.8 Å². The summed E-state index contributed by atoms with van der Waals surface area (Å²) in [6.45, 7) is 1.61. The fourth-order valence-corrected chi connectivity index (χ4v) is 0.175. The second-order valence-electron chi connectivity index (χ2n) is 1.26. The van der Waals surface area contributed by atoms with Crippen LogP contribution >= 0.6 is 0 Å². The topological polar surface area (TPSA) is 57.5 Å². The number of hydrogen-bond donors (Lipinski definition) is 2. The first-order chi connectivity index (χ1) is 3.18. The van der Waals surface area contributed by atoms with Gasteiger partial charge in [-0.25, -0.2) is 4.79 Å². The van der Waals surface area contributed by atoms with Crippen LogP contribution in [0, 0.1) is 0 Å². The molecule has 0 spiro atoms. The van der Waals surface area contributed by atoms with Crippen LogP contribution in [0.4, 0.5) is 0 Å². The van der Waals surface area contributed by atoms with Gasteiger partial charge in [0.2, 0.25) is 0 Å². The minimum absolute atomic E-state index is 0. The van der Waals surface area contributed by atoms with Crippen LogP contribution in [0.5, 0.6) is 0 Å². The molecule has 0 bridgehead atoms. The predicted molar refractivity (Wildman–Crippen MR) is 33.9 cm³/mol. The third-order valence-electron chi connectivity index (χ3n) is 0.672. The summed E-state index contributed by atoms with van der Waals surface area (Å²) >= 11 is 0. The summed E-state index contributed by atoms with van der Waals surface area (Å²) in [5.41, 5.74) is 0. The van der Waals surface area contributed by atoms with Crippen LogP contribution in [0.1, 0.15) is 13.3 Å². The van der Waals surface area contributed by atoms with Crippen molar-refractivity contribution in [1.29, 1.82) is 0 Å². The Morgan fingerprint density at radius 1 is 1.75 bits per heavy atom. The molecule has 2 N–H and O–H groups in total. The van der Waals surface area contributed by atoms with Crippen LogP contribution in [0.25, 0.3) is 0 Å². The van der Waals surface area contributed by atoms with Gasteiger partial charge in [0.05, 0.1) is 0 Å². The zero-order valence-corrected chi connectivity index (χ0v) is 10.3. The van der Waals surface area contributed by atoms with Crippen molar-refractivity contribution >= 4 is 32.2 Å². The van der Waals surface area contributed by atoms with Crippen molar-refractivity contribution in [3.8, 4) is 0 Å². The summed E-state index contributed by atoms with van der Waals surface area (Å²) < 4.78 is 0. The summed E-state index contributed by atoms with van der Waals surface area (Å²) in [6, 6.07) is 0. The van der Waals surface area contributed by atoms with E-state index in [1.54, 1.807) is 6.92 Å². The van der Waals surface area contributed by atoms with Crippen LogP contribution in [-0.4, -0.2) is 48.5 Å². The van der Waals surface area contributed by atoms with Crippen LogP contribution in [0.15, 0.2) is 0 Å². The molecular weight excluding hydrogens is 305 g/mol. The van der Waals surface area contributed by atoms with E-state index in [0.29, 0.717) is 0 Å².